The molecule has 0 bridgehead atoms. The van der Waals surface area contributed by atoms with Crippen LogP contribution in [0, 0.1) is 0 Å². The van der Waals surface area contributed by atoms with Crippen molar-refractivity contribution < 1.29 is 18.5 Å². The van der Waals surface area contributed by atoms with E-state index in [2.05, 4.69) is 5.32 Å². The molecule has 1 aliphatic rings. The number of rotatable bonds is 5. The van der Waals surface area contributed by atoms with Gasteiger partial charge < -0.3 is 14.8 Å². The van der Waals surface area contributed by atoms with Crippen molar-refractivity contribution in [1.82, 2.24) is 0 Å². The first-order chi connectivity index (χ1) is 12.0. The van der Waals surface area contributed by atoms with Crippen LogP contribution in [0.3, 0.4) is 0 Å². The lowest BCUT2D eigenvalue weighted by atomic mass is 10.2. The summed E-state index contributed by atoms with van der Waals surface area (Å²) in [4.78, 5) is 12.4. The standard InChI is InChI=1S/C18H18ClNO4S/c1-12(25(22)11-13-2-4-14(19)5-3-13)18(21)20-15-6-7-16-17(10-15)24-9-8-23-16/h2-7,10,12H,8-9,11H2,1H3,(H,20,21). The third kappa shape index (κ3) is 4.52. The van der Waals surface area contributed by atoms with Gasteiger partial charge in [0, 0.05) is 33.3 Å². The van der Waals surface area contributed by atoms with E-state index in [4.69, 9.17) is 21.1 Å². The second kappa shape index (κ2) is 7.89. The van der Waals surface area contributed by atoms with Crippen molar-refractivity contribution in [2.24, 2.45) is 0 Å². The summed E-state index contributed by atoms with van der Waals surface area (Å²) in [6.45, 7) is 2.64. The molecule has 0 saturated heterocycles. The minimum absolute atomic E-state index is 0.299. The van der Waals surface area contributed by atoms with Crippen LogP contribution in [0.2, 0.25) is 5.02 Å². The molecule has 1 amide bonds. The number of halogens is 1. The first-order valence-corrected chi connectivity index (χ1v) is 9.61. The molecule has 0 fully saturated rings. The average molecular weight is 380 g/mol. The van der Waals surface area contributed by atoms with Gasteiger partial charge in [0.2, 0.25) is 5.91 Å². The van der Waals surface area contributed by atoms with Gasteiger partial charge in [0.25, 0.3) is 0 Å². The highest BCUT2D eigenvalue weighted by molar-refractivity contribution is 7.85. The van der Waals surface area contributed by atoms with E-state index in [0.717, 1.165) is 5.56 Å². The fourth-order valence-electron chi connectivity index (χ4n) is 2.35. The molecule has 132 valence electrons. The van der Waals surface area contributed by atoms with Crippen LogP contribution in [0.4, 0.5) is 5.69 Å². The number of fused-ring (bicyclic) bond motifs is 1. The van der Waals surface area contributed by atoms with E-state index in [-0.39, 0.29) is 5.91 Å². The van der Waals surface area contributed by atoms with Crippen LogP contribution in [0.5, 0.6) is 11.5 Å². The SMILES string of the molecule is CC(C(=O)Nc1ccc2c(c1)OCCO2)S(=O)Cc1ccc(Cl)cc1. The fourth-order valence-corrected chi connectivity index (χ4v) is 3.55. The van der Waals surface area contributed by atoms with Crippen molar-refractivity contribution in [3.63, 3.8) is 0 Å². The summed E-state index contributed by atoms with van der Waals surface area (Å²) in [5.41, 5.74) is 1.46. The zero-order chi connectivity index (χ0) is 17.8. The molecule has 0 saturated carbocycles. The van der Waals surface area contributed by atoms with Crippen LogP contribution < -0.4 is 14.8 Å². The number of anilines is 1. The molecule has 0 radical (unpaired) electrons. The molecule has 1 N–H and O–H groups in total. The lowest BCUT2D eigenvalue weighted by Gasteiger charge is -2.19. The predicted molar refractivity (Wildman–Crippen MR) is 98.8 cm³/mol. The van der Waals surface area contributed by atoms with E-state index in [0.29, 0.717) is 41.2 Å². The summed E-state index contributed by atoms with van der Waals surface area (Å²) in [6.07, 6.45) is 0. The average Bonchev–Trinajstić information content (AvgIpc) is 2.62. The minimum Gasteiger partial charge on any atom is -0.486 e. The highest BCUT2D eigenvalue weighted by Crippen LogP contribution is 2.32. The van der Waals surface area contributed by atoms with Crippen molar-refractivity contribution in [2.75, 3.05) is 18.5 Å². The summed E-state index contributed by atoms with van der Waals surface area (Å²) >= 11 is 5.84. The lowest BCUT2D eigenvalue weighted by molar-refractivity contribution is -0.115. The molecule has 3 rings (SSSR count). The quantitative estimate of drug-likeness (QED) is 0.864. The van der Waals surface area contributed by atoms with Gasteiger partial charge >= 0.3 is 0 Å². The smallest absolute Gasteiger partial charge is 0.239 e. The van der Waals surface area contributed by atoms with Crippen molar-refractivity contribution in [3.05, 3.63) is 53.1 Å². The summed E-state index contributed by atoms with van der Waals surface area (Å²) in [7, 11) is -1.34. The predicted octanol–water partition coefficient (Wildman–Crippen LogP) is 3.39. The van der Waals surface area contributed by atoms with E-state index in [1.54, 1.807) is 37.3 Å². The highest BCUT2D eigenvalue weighted by atomic mass is 35.5. The van der Waals surface area contributed by atoms with Gasteiger partial charge in [0.15, 0.2) is 11.5 Å². The van der Waals surface area contributed by atoms with Crippen molar-refractivity contribution >= 4 is 34.0 Å². The molecular formula is C18H18ClNO4S. The molecule has 2 unspecified atom stereocenters. The van der Waals surface area contributed by atoms with Gasteiger partial charge in [-0.15, -0.1) is 0 Å². The fraction of sp³-hybridized carbons (Fsp3) is 0.278. The van der Waals surface area contributed by atoms with Crippen LogP contribution in [-0.2, 0) is 21.3 Å². The number of nitrogens with one attached hydrogen (secondary N) is 1. The monoisotopic (exact) mass is 379 g/mol. The Morgan fingerprint density at radius 1 is 1.16 bits per heavy atom. The Morgan fingerprint density at radius 3 is 2.56 bits per heavy atom. The van der Waals surface area contributed by atoms with Crippen molar-refractivity contribution in [2.45, 2.75) is 17.9 Å². The van der Waals surface area contributed by atoms with Gasteiger partial charge in [0.05, 0.1) is 0 Å². The van der Waals surface area contributed by atoms with Crippen molar-refractivity contribution in [3.8, 4) is 11.5 Å². The number of ether oxygens (including phenoxy) is 2. The van der Waals surface area contributed by atoms with Gasteiger partial charge in [-0.25, -0.2) is 0 Å². The third-order valence-electron chi connectivity index (χ3n) is 3.80. The Morgan fingerprint density at radius 2 is 1.84 bits per heavy atom. The number of hydrogen-bond donors (Lipinski definition) is 1. The first-order valence-electron chi connectivity index (χ1n) is 7.85. The molecule has 2 aromatic carbocycles. The Bertz CT molecular complexity index is 794. The maximum absolute atomic E-state index is 12.4. The van der Waals surface area contributed by atoms with Crippen LogP contribution in [-0.4, -0.2) is 28.6 Å². The first kappa shape index (κ1) is 17.8. The maximum Gasteiger partial charge on any atom is 0.239 e. The van der Waals surface area contributed by atoms with Gasteiger partial charge in [0.1, 0.15) is 18.5 Å². The Kier molecular flexibility index (Phi) is 5.60. The summed E-state index contributed by atoms with van der Waals surface area (Å²) in [5.74, 6) is 1.25. The Balaban J connectivity index is 1.62. The van der Waals surface area contributed by atoms with E-state index < -0.39 is 16.0 Å². The van der Waals surface area contributed by atoms with Gasteiger partial charge in [-0.05, 0) is 36.8 Å². The van der Waals surface area contributed by atoms with Crippen LogP contribution in [0.15, 0.2) is 42.5 Å². The Hall–Kier alpha value is -2.05. The topological polar surface area (TPSA) is 64.6 Å². The molecule has 2 atom stereocenters. The van der Waals surface area contributed by atoms with E-state index >= 15 is 0 Å². The summed E-state index contributed by atoms with van der Waals surface area (Å²) in [5, 5.41) is 2.75. The number of hydrogen-bond acceptors (Lipinski definition) is 4. The normalized spacial score (nSPS) is 15.3. The molecule has 25 heavy (non-hydrogen) atoms. The largest absolute Gasteiger partial charge is 0.486 e. The van der Waals surface area contributed by atoms with Crippen molar-refractivity contribution in [1.29, 1.82) is 0 Å². The van der Waals surface area contributed by atoms with Gasteiger partial charge in [-0.3, -0.25) is 9.00 Å². The number of benzene rings is 2. The maximum atomic E-state index is 12.4. The van der Waals surface area contributed by atoms with Crippen LogP contribution in [0.25, 0.3) is 0 Å². The van der Waals surface area contributed by atoms with E-state index in [1.807, 2.05) is 12.1 Å². The zero-order valence-corrected chi connectivity index (χ0v) is 15.2. The molecule has 0 aromatic heterocycles. The highest BCUT2D eigenvalue weighted by Gasteiger charge is 2.21. The lowest BCUT2D eigenvalue weighted by Crippen LogP contribution is -2.29. The molecule has 5 nitrogen and oxygen atoms in total. The molecule has 0 aliphatic carbocycles. The summed E-state index contributed by atoms with van der Waals surface area (Å²) < 4.78 is 23.4. The molecule has 2 aromatic rings. The van der Waals surface area contributed by atoms with Gasteiger partial charge in [-0.1, -0.05) is 23.7 Å². The molecule has 1 heterocycles. The molecular weight excluding hydrogens is 362 g/mol. The number of carbonyl (C=O) groups excluding carboxylic acids is 1. The molecule has 7 heteroatoms. The minimum atomic E-state index is -1.34. The number of amides is 1. The second-order valence-electron chi connectivity index (χ2n) is 5.64. The van der Waals surface area contributed by atoms with Crippen LogP contribution in [0.1, 0.15) is 12.5 Å². The van der Waals surface area contributed by atoms with E-state index in [9.17, 15) is 9.00 Å². The molecule has 1 aliphatic heterocycles. The second-order valence-corrected chi connectivity index (χ2v) is 7.84. The zero-order valence-electron chi connectivity index (χ0n) is 13.7. The van der Waals surface area contributed by atoms with Crippen LogP contribution >= 0.6 is 11.6 Å². The number of carbonyl (C=O) groups is 1. The molecule has 0 spiro atoms. The van der Waals surface area contributed by atoms with Gasteiger partial charge in [-0.2, -0.15) is 0 Å². The summed E-state index contributed by atoms with van der Waals surface area (Å²) in [6, 6.07) is 12.3. The Labute approximate surface area is 153 Å². The third-order valence-corrected chi connectivity index (χ3v) is 5.67. The van der Waals surface area contributed by atoms with E-state index in [1.165, 1.54) is 0 Å².